The van der Waals surface area contributed by atoms with Crippen molar-refractivity contribution in [2.75, 3.05) is 6.54 Å². The molecule has 5 heteroatoms. The Hall–Kier alpha value is -1.55. The highest BCUT2D eigenvalue weighted by Gasteiger charge is 2.25. The van der Waals surface area contributed by atoms with Crippen LogP contribution in [0.15, 0.2) is 30.3 Å². The molecule has 0 unspecified atom stereocenters. The standard InChI is InChI=1S/C16H20ClNO3/c17-15(19)14-8-6-12(7-9-14)10-18-16(20)21-11-13-4-2-1-3-5-13/h1-5,12,14H,6-11H2,(H,18,20)/t12-,14-. The van der Waals surface area contributed by atoms with Gasteiger partial charge in [-0.3, -0.25) is 4.79 Å². The molecule has 1 amide bonds. The van der Waals surface area contributed by atoms with Crippen molar-refractivity contribution in [1.82, 2.24) is 5.32 Å². The van der Waals surface area contributed by atoms with Crippen molar-refractivity contribution in [3.63, 3.8) is 0 Å². The number of ether oxygens (including phenoxy) is 1. The van der Waals surface area contributed by atoms with Crippen LogP contribution in [0.4, 0.5) is 4.79 Å². The van der Waals surface area contributed by atoms with E-state index in [9.17, 15) is 9.59 Å². The van der Waals surface area contributed by atoms with Crippen molar-refractivity contribution in [3.8, 4) is 0 Å². The summed E-state index contributed by atoms with van der Waals surface area (Å²) in [4.78, 5) is 22.7. The van der Waals surface area contributed by atoms with Crippen molar-refractivity contribution in [2.45, 2.75) is 32.3 Å². The SMILES string of the molecule is O=C(NC[C@H]1CC[C@H](C(=O)Cl)CC1)OCc1ccccc1. The minimum atomic E-state index is -0.394. The molecule has 0 saturated heterocycles. The molecule has 1 N–H and O–H groups in total. The number of nitrogens with one attached hydrogen (secondary N) is 1. The lowest BCUT2D eigenvalue weighted by atomic mass is 9.82. The Morgan fingerprint density at radius 2 is 1.81 bits per heavy atom. The molecule has 21 heavy (non-hydrogen) atoms. The predicted octanol–water partition coefficient (Wildman–Crippen LogP) is 3.48. The Balaban J connectivity index is 1.62. The fourth-order valence-corrected chi connectivity index (χ4v) is 2.81. The predicted molar refractivity (Wildman–Crippen MR) is 80.9 cm³/mol. The molecule has 0 atom stereocenters. The normalized spacial score (nSPS) is 21.6. The maximum absolute atomic E-state index is 11.6. The first kappa shape index (κ1) is 15.8. The van der Waals surface area contributed by atoms with Crippen molar-refractivity contribution in [1.29, 1.82) is 0 Å². The number of benzene rings is 1. The van der Waals surface area contributed by atoms with Crippen molar-refractivity contribution < 1.29 is 14.3 Å². The third-order valence-corrected chi connectivity index (χ3v) is 4.22. The lowest BCUT2D eigenvalue weighted by molar-refractivity contribution is -0.116. The molecule has 1 aromatic rings. The van der Waals surface area contributed by atoms with E-state index in [2.05, 4.69) is 5.32 Å². The second-order valence-electron chi connectivity index (χ2n) is 5.46. The molecule has 2 rings (SSSR count). The third kappa shape index (κ3) is 5.38. The monoisotopic (exact) mass is 309 g/mol. The summed E-state index contributed by atoms with van der Waals surface area (Å²) in [7, 11) is 0. The van der Waals surface area contributed by atoms with Gasteiger partial charge >= 0.3 is 6.09 Å². The molecule has 0 aromatic heterocycles. The van der Waals surface area contributed by atoms with Crippen LogP contribution in [0.2, 0.25) is 0 Å². The topological polar surface area (TPSA) is 55.4 Å². The van der Waals surface area contributed by atoms with E-state index in [1.165, 1.54) is 0 Å². The van der Waals surface area contributed by atoms with Gasteiger partial charge in [0.2, 0.25) is 5.24 Å². The Morgan fingerprint density at radius 3 is 2.43 bits per heavy atom. The molecule has 4 nitrogen and oxygen atoms in total. The molecule has 1 fully saturated rings. The molecule has 1 saturated carbocycles. The second kappa shape index (κ2) is 8.03. The quantitative estimate of drug-likeness (QED) is 0.847. The molecule has 0 heterocycles. The van der Waals surface area contributed by atoms with E-state index in [1.54, 1.807) is 0 Å². The van der Waals surface area contributed by atoms with Crippen LogP contribution in [-0.4, -0.2) is 17.9 Å². The number of amides is 1. The number of rotatable bonds is 5. The van der Waals surface area contributed by atoms with Crippen molar-refractivity contribution in [2.24, 2.45) is 11.8 Å². The minimum Gasteiger partial charge on any atom is -0.445 e. The maximum Gasteiger partial charge on any atom is 0.407 e. The highest BCUT2D eigenvalue weighted by molar-refractivity contribution is 6.63. The highest BCUT2D eigenvalue weighted by atomic mass is 35.5. The molecule has 1 aliphatic carbocycles. The third-order valence-electron chi connectivity index (χ3n) is 3.92. The van der Waals surface area contributed by atoms with Crippen LogP contribution in [0.25, 0.3) is 0 Å². The van der Waals surface area contributed by atoms with Gasteiger partial charge in [-0.05, 0) is 48.8 Å². The summed E-state index contributed by atoms with van der Waals surface area (Å²) in [5.74, 6) is 0.398. The lowest BCUT2D eigenvalue weighted by Crippen LogP contribution is -2.32. The maximum atomic E-state index is 11.6. The second-order valence-corrected chi connectivity index (χ2v) is 5.84. The molecular weight excluding hydrogens is 290 g/mol. The molecule has 0 aliphatic heterocycles. The number of hydrogen-bond donors (Lipinski definition) is 1. The van der Waals surface area contributed by atoms with E-state index >= 15 is 0 Å². The number of alkyl carbamates (subject to hydrolysis) is 1. The van der Waals surface area contributed by atoms with Crippen molar-refractivity contribution >= 4 is 22.9 Å². The largest absolute Gasteiger partial charge is 0.445 e. The fourth-order valence-electron chi connectivity index (χ4n) is 2.60. The first-order chi connectivity index (χ1) is 10.1. The van der Waals surface area contributed by atoms with Gasteiger partial charge < -0.3 is 10.1 Å². The first-order valence-corrected chi connectivity index (χ1v) is 7.67. The van der Waals surface area contributed by atoms with Crippen LogP contribution in [0.1, 0.15) is 31.2 Å². The van der Waals surface area contributed by atoms with Gasteiger partial charge in [-0.2, -0.15) is 0 Å². The van der Waals surface area contributed by atoms with E-state index in [-0.39, 0.29) is 17.8 Å². The summed E-state index contributed by atoms with van der Waals surface area (Å²) in [6.45, 7) is 0.872. The molecule has 0 spiro atoms. The van der Waals surface area contributed by atoms with Crippen LogP contribution in [0.5, 0.6) is 0 Å². The van der Waals surface area contributed by atoms with Gasteiger partial charge in [0.25, 0.3) is 0 Å². The Kier molecular flexibility index (Phi) is 6.05. The van der Waals surface area contributed by atoms with Crippen LogP contribution >= 0.6 is 11.6 Å². The first-order valence-electron chi connectivity index (χ1n) is 7.29. The van der Waals surface area contributed by atoms with E-state index in [0.717, 1.165) is 31.2 Å². The average Bonchev–Trinajstić information content (AvgIpc) is 2.52. The molecule has 1 aromatic carbocycles. The summed E-state index contributed by atoms with van der Waals surface area (Å²) < 4.78 is 5.15. The van der Waals surface area contributed by atoms with Gasteiger partial charge in [0.15, 0.2) is 0 Å². The summed E-state index contributed by atoms with van der Waals surface area (Å²) >= 11 is 5.50. The minimum absolute atomic E-state index is 0.00653. The smallest absolute Gasteiger partial charge is 0.407 e. The molecule has 0 radical (unpaired) electrons. The average molecular weight is 310 g/mol. The van der Waals surface area contributed by atoms with Crippen LogP contribution in [0, 0.1) is 11.8 Å². The summed E-state index contributed by atoms with van der Waals surface area (Å²) in [6, 6.07) is 9.57. The van der Waals surface area contributed by atoms with E-state index in [0.29, 0.717) is 12.5 Å². The van der Waals surface area contributed by atoms with Gasteiger partial charge in [0, 0.05) is 12.5 Å². The van der Waals surface area contributed by atoms with Gasteiger partial charge in [-0.25, -0.2) is 4.79 Å². The van der Waals surface area contributed by atoms with E-state index in [1.807, 2.05) is 30.3 Å². The molecule has 114 valence electrons. The van der Waals surface area contributed by atoms with Crippen molar-refractivity contribution in [3.05, 3.63) is 35.9 Å². The molecule has 0 bridgehead atoms. The Bertz CT molecular complexity index is 470. The van der Waals surface area contributed by atoms with Gasteiger partial charge in [0.05, 0.1) is 0 Å². The zero-order chi connectivity index (χ0) is 15.1. The Morgan fingerprint density at radius 1 is 1.14 bits per heavy atom. The number of halogens is 1. The zero-order valence-electron chi connectivity index (χ0n) is 11.9. The molecular formula is C16H20ClNO3. The number of hydrogen-bond acceptors (Lipinski definition) is 3. The van der Waals surface area contributed by atoms with Gasteiger partial charge in [-0.1, -0.05) is 30.3 Å². The summed E-state index contributed by atoms with van der Waals surface area (Å²) in [5.41, 5.74) is 0.966. The van der Waals surface area contributed by atoms with Crippen LogP contribution < -0.4 is 5.32 Å². The van der Waals surface area contributed by atoms with E-state index in [4.69, 9.17) is 16.3 Å². The van der Waals surface area contributed by atoms with E-state index < -0.39 is 6.09 Å². The highest BCUT2D eigenvalue weighted by Crippen LogP contribution is 2.29. The summed E-state index contributed by atoms with van der Waals surface area (Å²) in [6.07, 6.45) is 3.07. The van der Waals surface area contributed by atoms with Gasteiger partial charge in [-0.15, -0.1) is 0 Å². The van der Waals surface area contributed by atoms with Crippen LogP contribution in [-0.2, 0) is 16.1 Å². The summed E-state index contributed by atoms with van der Waals surface area (Å²) in [5, 5.41) is 2.55. The van der Waals surface area contributed by atoms with Crippen LogP contribution in [0.3, 0.4) is 0 Å². The lowest BCUT2D eigenvalue weighted by Gasteiger charge is -2.26. The number of carbonyl (C=O) groups excluding carboxylic acids is 2. The zero-order valence-corrected chi connectivity index (χ0v) is 12.6. The van der Waals surface area contributed by atoms with Gasteiger partial charge in [0.1, 0.15) is 6.61 Å². The number of carbonyl (C=O) groups is 2. The molecule has 1 aliphatic rings. The Labute approximate surface area is 129 Å². The fraction of sp³-hybridized carbons (Fsp3) is 0.500.